The summed E-state index contributed by atoms with van der Waals surface area (Å²) in [6, 6.07) is 9.89. The van der Waals surface area contributed by atoms with Crippen LogP contribution >= 0.6 is 0 Å². The summed E-state index contributed by atoms with van der Waals surface area (Å²) >= 11 is 0. The third-order valence-corrected chi connectivity index (χ3v) is 12.7. The van der Waals surface area contributed by atoms with Crippen LogP contribution in [-0.4, -0.2) is 124 Å². The largest absolute Gasteiger partial charge is 0.378 e. The Kier molecular flexibility index (Phi) is 10.1. The molecule has 0 radical (unpaired) electrons. The summed E-state index contributed by atoms with van der Waals surface area (Å²) in [6.07, 6.45) is 1.90. The zero-order chi connectivity index (χ0) is 42.0. The minimum absolute atomic E-state index is 0.0577. The number of nitrogens with one attached hydrogen (secondary N) is 1. The number of halogens is 3. The lowest BCUT2D eigenvalue weighted by atomic mass is 10.1. The molecular weight excluding hydrogens is 804 g/mol. The summed E-state index contributed by atoms with van der Waals surface area (Å²) in [5.41, 5.74) is 2.39. The number of pyridine rings is 1. The number of hydrogen-bond acceptors (Lipinski definition) is 13. The Balaban J connectivity index is 1.16. The second-order valence-electron chi connectivity index (χ2n) is 15.3. The lowest BCUT2D eigenvalue weighted by molar-refractivity contribution is -0.132. The Morgan fingerprint density at radius 3 is 2.55 bits per heavy atom. The van der Waals surface area contributed by atoms with Gasteiger partial charge in [0.05, 0.1) is 59.4 Å². The van der Waals surface area contributed by atoms with Crippen molar-refractivity contribution in [1.82, 2.24) is 39.2 Å². The number of hydrogen-bond donors (Lipinski definition) is 1. The summed E-state index contributed by atoms with van der Waals surface area (Å²) in [4.78, 5) is 39.5. The molecule has 4 bridgehead atoms. The first kappa shape index (κ1) is 39.6. The summed E-state index contributed by atoms with van der Waals surface area (Å²) in [6.45, 7) is 4.43. The summed E-state index contributed by atoms with van der Waals surface area (Å²) in [5.74, 6) is -0.824. The van der Waals surface area contributed by atoms with Crippen LogP contribution in [0.3, 0.4) is 0 Å². The van der Waals surface area contributed by atoms with Crippen LogP contribution in [0.15, 0.2) is 54.7 Å². The molecule has 4 atom stereocenters. The van der Waals surface area contributed by atoms with Crippen molar-refractivity contribution >= 4 is 55.7 Å². The fourth-order valence-electron chi connectivity index (χ4n) is 8.31. The van der Waals surface area contributed by atoms with E-state index in [0.29, 0.717) is 71.1 Å². The molecule has 20 heteroatoms. The van der Waals surface area contributed by atoms with Crippen molar-refractivity contribution in [1.29, 1.82) is 0 Å². The number of nitrogens with zero attached hydrogens (tertiary/aromatic N) is 10. The molecule has 0 spiro atoms. The molecule has 2 aromatic carbocycles. The molecule has 3 aliphatic heterocycles. The van der Waals surface area contributed by atoms with E-state index in [4.69, 9.17) is 23.9 Å². The van der Waals surface area contributed by atoms with Gasteiger partial charge in [-0.3, -0.25) is 8.98 Å². The van der Waals surface area contributed by atoms with Gasteiger partial charge in [0.15, 0.2) is 11.5 Å². The molecule has 1 amide bonds. The van der Waals surface area contributed by atoms with Gasteiger partial charge in [0.25, 0.3) is 10.1 Å². The number of ether oxygens (including phenoxy) is 1. The van der Waals surface area contributed by atoms with E-state index in [1.165, 1.54) is 36.0 Å². The fraction of sp³-hybridized carbons (Fsp3) is 0.400. The number of methoxy groups -OCH3 is 1. The average molecular weight is 846 g/mol. The molecule has 6 aromatic rings. The van der Waals surface area contributed by atoms with Crippen molar-refractivity contribution in [3.05, 3.63) is 78.0 Å². The number of benzene rings is 2. The maximum absolute atomic E-state index is 15.4. The lowest BCUT2D eigenvalue weighted by Gasteiger charge is -2.41. The van der Waals surface area contributed by atoms with Crippen molar-refractivity contribution in [3.8, 4) is 16.9 Å². The molecule has 9 rings (SSSR count). The summed E-state index contributed by atoms with van der Waals surface area (Å²) in [7, 11) is -0.453. The van der Waals surface area contributed by atoms with Gasteiger partial charge in [-0.25, -0.2) is 27.8 Å². The normalized spacial score (nSPS) is 21.0. The van der Waals surface area contributed by atoms with Crippen molar-refractivity contribution < 1.29 is 35.3 Å². The summed E-state index contributed by atoms with van der Waals surface area (Å²) in [5, 5.41) is 8.39. The van der Waals surface area contributed by atoms with Crippen LogP contribution in [-0.2, 0) is 30.4 Å². The topological polar surface area (TPSA) is 166 Å². The first-order valence-electron chi connectivity index (χ1n) is 19.6. The van der Waals surface area contributed by atoms with E-state index in [-0.39, 0.29) is 54.7 Å². The molecule has 3 aliphatic rings. The second-order valence-corrected chi connectivity index (χ2v) is 17.3. The molecule has 2 fully saturated rings. The highest BCUT2D eigenvalue weighted by Gasteiger charge is 2.42. The van der Waals surface area contributed by atoms with E-state index >= 15 is 8.78 Å². The predicted molar refractivity (Wildman–Crippen MR) is 217 cm³/mol. The number of fused-ring (bicyclic) bond motifs is 6. The van der Waals surface area contributed by atoms with Crippen LogP contribution in [0.4, 0.5) is 30.8 Å². The van der Waals surface area contributed by atoms with Crippen molar-refractivity contribution in [3.63, 3.8) is 0 Å². The Bertz CT molecular complexity index is 2770. The number of aryl methyl sites for hydroxylation is 1. The van der Waals surface area contributed by atoms with Crippen molar-refractivity contribution in [2.75, 3.05) is 61.3 Å². The molecule has 0 saturated carbocycles. The van der Waals surface area contributed by atoms with Gasteiger partial charge in [0, 0.05) is 57.5 Å². The molecule has 2 saturated heterocycles. The summed E-state index contributed by atoms with van der Waals surface area (Å²) < 4.78 is 83.5. The van der Waals surface area contributed by atoms with E-state index in [2.05, 4.69) is 15.4 Å². The number of aromatic nitrogens is 7. The molecule has 4 aromatic heterocycles. The smallest absolute Gasteiger partial charge is 0.267 e. The number of anilines is 3. The molecule has 60 heavy (non-hydrogen) atoms. The van der Waals surface area contributed by atoms with Crippen LogP contribution in [0.5, 0.6) is 0 Å². The molecule has 0 aliphatic carbocycles. The SMILES string of the molecule is CCS(=O)(=O)OC[C@@H]1CCN1c1nc(N2C[C@@H]3C[C@H]2C(=O)N(C)C[C@H](OC)Cn2c(C)nc4cc(F)cc(c42)-c2cccc(n2)N3)c2cnn(-c3ccc(F)cc3F)c2n1. The Morgan fingerprint density at radius 1 is 0.967 bits per heavy atom. The first-order valence-corrected chi connectivity index (χ1v) is 21.2. The Hall–Kier alpha value is -5.86. The van der Waals surface area contributed by atoms with Crippen LogP contribution in [0, 0.1) is 24.4 Å². The Morgan fingerprint density at radius 2 is 1.80 bits per heavy atom. The van der Waals surface area contributed by atoms with Gasteiger partial charge in [-0.15, -0.1) is 0 Å². The van der Waals surface area contributed by atoms with Gasteiger partial charge in [0.1, 0.15) is 40.8 Å². The van der Waals surface area contributed by atoms with E-state index in [9.17, 15) is 17.6 Å². The van der Waals surface area contributed by atoms with E-state index in [0.717, 1.165) is 12.1 Å². The highest BCUT2D eigenvalue weighted by atomic mass is 32.2. The van der Waals surface area contributed by atoms with Gasteiger partial charge in [-0.2, -0.15) is 23.5 Å². The van der Waals surface area contributed by atoms with Crippen molar-refractivity contribution in [2.45, 2.75) is 57.5 Å². The number of carbonyl (C=O) groups excluding carboxylic acids is 1. The van der Waals surface area contributed by atoms with Crippen LogP contribution in [0.1, 0.15) is 25.6 Å². The van der Waals surface area contributed by atoms with Crippen LogP contribution < -0.4 is 15.1 Å². The van der Waals surface area contributed by atoms with Crippen LogP contribution in [0.25, 0.3) is 39.0 Å². The standard InChI is InChI=1S/C40H42F3N11O5S/c1-5-60(56,57)59-21-26-11-12-51(26)40-48-37(29-17-44-54(38(29)49-40)33-10-9-23(41)14-30(33)43)53-18-25-16-34(53)39(55)50(3)19-27(58-4)20-52-22(2)45-32-15-24(42)13-28(36(32)52)31-7-6-8-35(46-25)47-31/h6-10,13-15,17,25-27,34H,5,11-12,16,18-21H2,1-4H3,(H,46,47)/t25-,26-,27-,34-/m0/s1. The highest BCUT2D eigenvalue weighted by molar-refractivity contribution is 7.86. The number of carbonyl (C=O) groups is 1. The number of likely N-dealkylation sites (N-methyl/N-ethyl adjacent to an activating group) is 1. The maximum Gasteiger partial charge on any atom is 0.267 e. The van der Waals surface area contributed by atoms with Gasteiger partial charge < -0.3 is 29.3 Å². The minimum Gasteiger partial charge on any atom is -0.378 e. The quantitative estimate of drug-likeness (QED) is 0.214. The molecule has 16 nitrogen and oxygen atoms in total. The molecule has 1 N–H and O–H groups in total. The van der Waals surface area contributed by atoms with Crippen LogP contribution in [0.2, 0.25) is 0 Å². The zero-order valence-electron chi connectivity index (χ0n) is 33.2. The van der Waals surface area contributed by atoms with Gasteiger partial charge >= 0.3 is 0 Å². The fourth-order valence-corrected chi connectivity index (χ4v) is 8.84. The van der Waals surface area contributed by atoms with Gasteiger partial charge in [0.2, 0.25) is 11.9 Å². The number of rotatable bonds is 8. The second kappa shape index (κ2) is 15.3. The van der Waals surface area contributed by atoms with Crippen molar-refractivity contribution in [2.24, 2.45) is 0 Å². The van der Waals surface area contributed by atoms with E-state index in [1.54, 1.807) is 30.0 Å². The van der Waals surface area contributed by atoms with Gasteiger partial charge in [-0.05, 0) is 57.0 Å². The highest BCUT2D eigenvalue weighted by Crippen LogP contribution is 2.37. The Labute approximate surface area is 343 Å². The lowest BCUT2D eigenvalue weighted by Crippen LogP contribution is -2.52. The molecule has 314 valence electrons. The first-order chi connectivity index (χ1) is 28.8. The van der Waals surface area contributed by atoms with E-state index < -0.39 is 45.8 Å². The monoisotopic (exact) mass is 845 g/mol. The number of imidazole rings is 1. The predicted octanol–water partition coefficient (Wildman–Crippen LogP) is 4.44. The third-order valence-electron chi connectivity index (χ3n) is 11.5. The average Bonchev–Trinajstić information content (AvgIpc) is 3.91. The molecule has 0 unspecified atom stereocenters. The zero-order valence-corrected chi connectivity index (χ0v) is 34.0. The number of amides is 1. The minimum atomic E-state index is -3.74. The maximum atomic E-state index is 15.4. The molecule has 7 heterocycles. The van der Waals surface area contributed by atoms with Gasteiger partial charge in [-0.1, -0.05) is 6.07 Å². The van der Waals surface area contributed by atoms with E-state index in [1.807, 2.05) is 28.5 Å². The third kappa shape index (κ3) is 7.15. The molecular formula is C40H42F3N11O5S.